The van der Waals surface area contributed by atoms with Crippen molar-refractivity contribution in [2.45, 2.75) is 45.6 Å². The highest BCUT2D eigenvalue weighted by Crippen LogP contribution is 2.23. The second kappa shape index (κ2) is 4.96. The zero-order valence-electron chi connectivity index (χ0n) is 10.1. The summed E-state index contributed by atoms with van der Waals surface area (Å²) in [4.78, 5) is 0. The fourth-order valence-electron chi connectivity index (χ4n) is 1.76. The van der Waals surface area contributed by atoms with Crippen molar-refractivity contribution < 1.29 is 4.74 Å². The van der Waals surface area contributed by atoms with E-state index in [0.717, 1.165) is 25.9 Å². The second-order valence-corrected chi connectivity index (χ2v) is 5.32. The Morgan fingerprint density at radius 1 is 1.53 bits per heavy atom. The average molecular weight is 210 g/mol. The molecule has 1 atom stereocenters. The molecule has 0 saturated carbocycles. The number of hydrogen-bond donors (Lipinski definition) is 1. The van der Waals surface area contributed by atoms with Gasteiger partial charge in [-0.1, -0.05) is 0 Å². The van der Waals surface area contributed by atoms with Crippen LogP contribution >= 0.6 is 0 Å². The summed E-state index contributed by atoms with van der Waals surface area (Å²) in [6.07, 6.45) is 3.10. The minimum atomic E-state index is -0.265. The van der Waals surface area contributed by atoms with E-state index < -0.39 is 0 Å². The minimum Gasteiger partial charge on any atom is -0.374 e. The van der Waals surface area contributed by atoms with Crippen molar-refractivity contribution in [3.63, 3.8) is 0 Å². The zero-order valence-corrected chi connectivity index (χ0v) is 10.1. The quantitative estimate of drug-likeness (QED) is 0.772. The lowest BCUT2D eigenvalue weighted by molar-refractivity contribution is -0.0527. The van der Waals surface area contributed by atoms with E-state index in [4.69, 9.17) is 10.00 Å². The van der Waals surface area contributed by atoms with Gasteiger partial charge in [-0.2, -0.15) is 5.26 Å². The summed E-state index contributed by atoms with van der Waals surface area (Å²) in [6, 6.07) is 2.30. The number of nitrogens with one attached hydrogen (secondary N) is 1. The summed E-state index contributed by atoms with van der Waals surface area (Å²) >= 11 is 0. The van der Waals surface area contributed by atoms with Gasteiger partial charge in [-0.05, 0) is 46.6 Å². The number of piperidine rings is 1. The second-order valence-electron chi connectivity index (χ2n) is 5.32. The topological polar surface area (TPSA) is 45.0 Å². The summed E-state index contributed by atoms with van der Waals surface area (Å²) in [5.41, 5.74) is -0.289. The van der Waals surface area contributed by atoms with Crippen molar-refractivity contribution in [2.24, 2.45) is 5.41 Å². The third-order valence-corrected chi connectivity index (χ3v) is 3.04. The molecule has 1 saturated heterocycles. The molecule has 1 aliphatic heterocycles. The Kier molecular flexibility index (Phi) is 4.12. The normalized spacial score (nSPS) is 27.3. The van der Waals surface area contributed by atoms with Crippen molar-refractivity contribution in [1.29, 1.82) is 5.26 Å². The van der Waals surface area contributed by atoms with Gasteiger partial charge in [0.1, 0.15) is 0 Å². The van der Waals surface area contributed by atoms with E-state index in [-0.39, 0.29) is 11.0 Å². The standard InChI is InChI=1S/C12H22N2O/c1-11(2,9-13)6-8-15-12(3)5-4-7-14-10-12/h14H,4-8,10H2,1-3H3. The molecule has 1 rings (SSSR count). The first kappa shape index (κ1) is 12.5. The van der Waals surface area contributed by atoms with E-state index in [2.05, 4.69) is 18.3 Å². The van der Waals surface area contributed by atoms with Crippen LogP contribution in [0, 0.1) is 16.7 Å². The largest absolute Gasteiger partial charge is 0.374 e. The number of ether oxygens (including phenoxy) is 1. The van der Waals surface area contributed by atoms with E-state index in [9.17, 15) is 0 Å². The molecule has 3 nitrogen and oxygen atoms in total. The predicted molar refractivity (Wildman–Crippen MR) is 60.5 cm³/mol. The van der Waals surface area contributed by atoms with Crippen LogP contribution in [-0.4, -0.2) is 25.3 Å². The van der Waals surface area contributed by atoms with E-state index in [0.29, 0.717) is 6.61 Å². The van der Waals surface area contributed by atoms with Gasteiger partial charge < -0.3 is 10.1 Å². The SMILES string of the molecule is CC(C)(C#N)CCOC1(C)CCCNC1. The third kappa shape index (κ3) is 4.19. The van der Waals surface area contributed by atoms with Crippen LogP contribution in [0.2, 0.25) is 0 Å². The molecule has 3 heteroatoms. The monoisotopic (exact) mass is 210 g/mol. The maximum absolute atomic E-state index is 8.88. The smallest absolute Gasteiger partial charge is 0.0778 e. The van der Waals surface area contributed by atoms with Gasteiger partial charge in [0.15, 0.2) is 0 Å². The Bertz CT molecular complexity index is 236. The summed E-state index contributed by atoms with van der Waals surface area (Å²) < 4.78 is 5.89. The van der Waals surface area contributed by atoms with Crippen molar-refractivity contribution in [3.05, 3.63) is 0 Å². The van der Waals surface area contributed by atoms with Crippen LogP contribution in [0.15, 0.2) is 0 Å². The molecule has 15 heavy (non-hydrogen) atoms. The van der Waals surface area contributed by atoms with Crippen LogP contribution in [0.1, 0.15) is 40.0 Å². The van der Waals surface area contributed by atoms with Crippen molar-refractivity contribution in [3.8, 4) is 6.07 Å². The minimum absolute atomic E-state index is 0.0240. The molecule has 0 aromatic heterocycles. The molecule has 0 radical (unpaired) electrons. The lowest BCUT2D eigenvalue weighted by atomic mass is 9.91. The Morgan fingerprint density at radius 2 is 2.27 bits per heavy atom. The first-order chi connectivity index (χ1) is 6.97. The van der Waals surface area contributed by atoms with Crippen LogP contribution in [0.3, 0.4) is 0 Å². The van der Waals surface area contributed by atoms with Crippen LogP contribution in [0.4, 0.5) is 0 Å². The molecule has 1 heterocycles. The molecule has 86 valence electrons. The number of nitrogens with zero attached hydrogens (tertiary/aromatic N) is 1. The molecule has 0 aromatic rings. The maximum Gasteiger partial charge on any atom is 0.0778 e. The molecule has 0 bridgehead atoms. The van der Waals surface area contributed by atoms with Crippen LogP contribution in [0.5, 0.6) is 0 Å². The Labute approximate surface area is 92.8 Å². The highest BCUT2D eigenvalue weighted by atomic mass is 16.5. The number of rotatable bonds is 4. The summed E-state index contributed by atoms with van der Waals surface area (Å²) in [7, 11) is 0. The maximum atomic E-state index is 8.88. The molecule has 1 unspecified atom stereocenters. The molecule has 1 aliphatic rings. The molecule has 0 aromatic carbocycles. The lowest BCUT2D eigenvalue weighted by Crippen LogP contribution is -2.45. The summed E-state index contributed by atoms with van der Waals surface area (Å²) in [5, 5.41) is 12.2. The fraction of sp³-hybridized carbons (Fsp3) is 0.917. The van der Waals surface area contributed by atoms with E-state index in [1.807, 2.05) is 13.8 Å². The predicted octanol–water partition coefficient (Wildman–Crippen LogP) is 2.08. The molecule has 0 aliphatic carbocycles. The Morgan fingerprint density at radius 3 is 2.80 bits per heavy atom. The van der Waals surface area contributed by atoms with Gasteiger partial charge in [-0.3, -0.25) is 0 Å². The van der Waals surface area contributed by atoms with Gasteiger partial charge in [-0.15, -0.1) is 0 Å². The molecule has 0 spiro atoms. The number of nitriles is 1. The van der Waals surface area contributed by atoms with Gasteiger partial charge in [0.05, 0.1) is 17.1 Å². The highest BCUT2D eigenvalue weighted by molar-refractivity contribution is 4.91. The van der Waals surface area contributed by atoms with Gasteiger partial charge in [0.2, 0.25) is 0 Å². The zero-order chi connectivity index (χ0) is 11.4. The molecular weight excluding hydrogens is 188 g/mol. The Hall–Kier alpha value is -0.590. The average Bonchev–Trinajstić information content (AvgIpc) is 2.18. The van der Waals surface area contributed by atoms with Crippen molar-refractivity contribution in [1.82, 2.24) is 5.32 Å². The van der Waals surface area contributed by atoms with E-state index in [1.165, 1.54) is 6.42 Å². The summed E-state index contributed by atoms with van der Waals surface area (Å²) in [6.45, 7) is 8.77. The molecule has 0 amide bonds. The van der Waals surface area contributed by atoms with Gasteiger partial charge in [0.25, 0.3) is 0 Å². The highest BCUT2D eigenvalue weighted by Gasteiger charge is 2.28. The third-order valence-electron chi connectivity index (χ3n) is 3.04. The Balaban J connectivity index is 2.27. The first-order valence-electron chi connectivity index (χ1n) is 5.73. The van der Waals surface area contributed by atoms with Crippen molar-refractivity contribution >= 4 is 0 Å². The van der Waals surface area contributed by atoms with Crippen molar-refractivity contribution in [2.75, 3.05) is 19.7 Å². The van der Waals surface area contributed by atoms with Gasteiger partial charge in [0, 0.05) is 13.2 Å². The molecule has 1 N–H and O–H groups in total. The van der Waals surface area contributed by atoms with E-state index >= 15 is 0 Å². The van der Waals surface area contributed by atoms with Crippen LogP contribution in [-0.2, 0) is 4.74 Å². The first-order valence-corrected chi connectivity index (χ1v) is 5.73. The number of hydrogen-bond acceptors (Lipinski definition) is 3. The fourth-order valence-corrected chi connectivity index (χ4v) is 1.76. The van der Waals surface area contributed by atoms with E-state index in [1.54, 1.807) is 0 Å². The van der Waals surface area contributed by atoms with Gasteiger partial charge >= 0.3 is 0 Å². The van der Waals surface area contributed by atoms with Crippen LogP contribution in [0.25, 0.3) is 0 Å². The summed E-state index contributed by atoms with van der Waals surface area (Å²) in [5.74, 6) is 0. The molecular formula is C12H22N2O. The lowest BCUT2D eigenvalue weighted by Gasteiger charge is -2.34. The van der Waals surface area contributed by atoms with Gasteiger partial charge in [-0.25, -0.2) is 0 Å². The van der Waals surface area contributed by atoms with Crippen LogP contribution < -0.4 is 5.32 Å². The molecule has 1 fully saturated rings.